The van der Waals surface area contributed by atoms with Crippen molar-refractivity contribution in [2.45, 2.75) is 13.1 Å². The lowest BCUT2D eigenvalue weighted by Crippen LogP contribution is -2.17. The van der Waals surface area contributed by atoms with Crippen LogP contribution in [-0.4, -0.2) is 11.9 Å². The summed E-state index contributed by atoms with van der Waals surface area (Å²) in [6.07, 6.45) is 0. The Morgan fingerprint density at radius 1 is 1.22 bits per heavy atom. The maximum atomic E-state index is 13.0. The second-order valence-corrected chi connectivity index (χ2v) is 7.31. The van der Waals surface area contributed by atoms with Crippen molar-refractivity contribution in [3.63, 3.8) is 0 Å². The van der Waals surface area contributed by atoms with E-state index in [-0.39, 0.29) is 5.82 Å². The number of hydrogen-bond acceptors (Lipinski definition) is 2. The van der Waals surface area contributed by atoms with E-state index < -0.39 is 0 Å². The molecule has 0 saturated carbocycles. The van der Waals surface area contributed by atoms with Gasteiger partial charge in [-0.1, -0.05) is 22.0 Å². The molecule has 0 spiro atoms. The van der Waals surface area contributed by atoms with E-state index in [1.165, 1.54) is 17.7 Å². The van der Waals surface area contributed by atoms with Gasteiger partial charge in [-0.05, 0) is 57.7 Å². The Kier molecular flexibility index (Phi) is 4.95. The number of rotatable bonds is 4. The number of halogens is 3. The molecular weight excluding hydrogens is 381 g/mol. The number of thiophene rings is 1. The highest BCUT2D eigenvalue weighted by molar-refractivity contribution is 9.11. The zero-order valence-corrected chi connectivity index (χ0v) is 13.8. The molecule has 1 heterocycles. The molecule has 2 rings (SSSR count). The summed E-state index contributed by atoms with van der Waals surface area (Å²) in [4.78, 5) is 2.20. The van der Waals surface area contributed by atoms with E-state index in [2.05, 4.69) is 55.3 Å². The summed E-state index contributed by atoms with van der Waals surface area (Å²) in [7, 11) is 2.06. The smallest absolute Gasteiger partial charge is 0.124 e. The first-order valence-corrected chi connectivity index (χ1v) is 7.86. The molecule has 96 valence electrons. The molecule has 5 heteroatoms. The predicted molar refractivity (Wildman–Crippen MR) is 81.3 cm³/mol. The third-order valence-corrected chi connectivity index (χ3v) is 4.82. The minimum Gasteiger partial charge on any atom is -0.298 e. The summed E-state index contributed by atoms with van der Waals surface area (Å²) in [5.74, 6) is -0.213. The molecule has 1 aromatic heterocycles. The summed E-state index contributed by atoms with van der Waals surface area (Å²) in [5, 5.41) is 2.14. The average molecular weight is 393 g/mol. The molecule has 0 aliphatic carbocycles. The molecule has 1 aromatic carbocycles. The molecular formula is C13H12Br2FNS. The van der Waals surface area contributed by atoms with Crippen molar-refractivity contribution in [2.24, 2.45) is 0 Å². The van der Waals surface area contributed by atoms with Crippen LogP contribution in [0.15, 0.2) is 37.9 Å². The van der Waals surface area contributed by atoms with E-state index in [0.29, 0.717) is 0 Å². The molecule has 2 aromatic rings. The van der Waals surface area contributed by atoms with Gasteiger partial charge in [-0.15, -0.1) is 11.3 Å². The van der Waals surface area contributed by atoms with Crippen molar-refractivity contribution in [1.82, 2.24) is 4.90 Å². The fourth-order valence-electron chi connectivity index (χ4n) is 1.74. The highest BCUT2D eigenvalue weighted by Crippen LogP contribution is 2.23. The topological polar surface area (TPSA) is 3.24 Å². The lowest BCUT2D eigenvalue weighted by molar-refractivity contribution is 0.318. The van der Waals surface area contributed by atoms with Gasteiger partial charge < -0.3 is 0 Å². The van der Waals surface area contributed by atoms with Crippen molar-refractivity contribution in [3.8, 4) is 0 Å². The van der Waals surface area contributed by atoms with Crippen LogP contribution in [0.5, 0.6) is 0 Å². The molecule has 0 saturated heterocycles. The van der Waals surface area contributed by atoms with Crippen molar-refractivity contribution < 1.29 is 4.39 Å². The van der Waals surface area contributed by atoms with Crippen molar-refractivity contribution in [2.75, 3.05) is 7.05 Å². The van der Waals surface area contributed by atoms with Gasteiger partial charge in [0.15, 0.2) is 0 Å². The molecule has 0 atom stereocenters. The Labute approximate surface area is 127 Å². The quantitative estimate of drug-likeness (QED) is 0.704. The summed E-state index contributed by atoms with van der Waals surface area (Å²) in [6, 6.07) is 6.94. The first kappa shape index (κ1) is 14.2. The van der Waals surface area contributed by atoms with Crippen LogP contribution < -0.4 is 0 Å². The van der Waals surface area contributed by atoms with Gasteiger partial charge in [-0.2, -0.15) is 0 Å². The summed E-state index contributed by atoms with van der Waals surface area (Å²) in [5.41, 5.74) is 2.38. The second-order valence-electron chi connectivity index (χ2n) is 4.17. The maximum Gasteiger partial charge on any atom is 0.124 e. The third-order valence-electron chi connectivity index (χ3n) is 2.53. The van der Waals surface area contributed by atoms with Gasteiger partial charge in [0, 0.05) is 17.6 Å². The summed E-state index contributed by atoms with van der Waals surface area (Å²) >= 11 is 8.54. The standard InChI is InChI=1S/C13H12Br2FNS/c1-17(6-9-4-13(15)18-8-9)7-10-2-3-11(16)5-12(10)14/h2-5,8H,6-7H2,1H3. The first-order valence-electron chi connectivity index (χ1n) is 5.40. The largest absolute Gasteiger partial charge is 0.298 e. The fraction of sp³-hybridized carbons (Fsp3) is 0.231. The maximum absolute atomic E-state index is 13.0. The Morgan fingerprint density at radius 2 is 2.00 bits per heavy atom. The molecule has 0 amide bonds. The van der Waals surface area contributed by atoms with Gasteiger partial charge in [-0.25, -0.2) is 4.39 Å². The van der Waals surface area contributed by atoms with Gasteiger partial charge in [-0.3, -0.25) is 4.90 Å². The molecule has 0 fully saturated rings. The van der Waals surface area contributed by atoms with Crippen LogP contribution in [0, 0.1) is 5.82 Å². The van der Waals surface area contributed by atoms with E-state index in [1.54, 1.807) is 11.3 Å². The molecule has 0 bridgehead atoms. The van der Waals surface area contributed by atoms with Crippen molar-refractivity contribution in [1.29, 1.82) is 0 Å². The zero-order chi connectivity index (χ0) is 13.1. The van der Waals surface area contributed by atoms with E-state index in [9.17, 15) is 4.39 Å². The lowest BCUT2D eigenvalue weighted by Gasteiger charge is -2.16. The van der Waals surface area contributed by atoms with Gasteiger partial charge in [0.05, 0.1) is 3.79 Å². The van der Waals surface area contributed by atoms with Crippen molar-refractivity contribution in [3.05, 3.63) is 54.8 Å². The molecule has 0 unspecified atom stereocenters. The fourth-order valence-corrected chi connectivity index (χ4v) is 3.41. The van der Waals surface area contributed by atoms with Crippen LogP contribution in [0.3, 0.4) is 0 Å². The van der Waals surface area contributed by atoms with Crippen LogP contribution in [0.2, 0.25) is 0 Å². The van der Waals surface area contributed by atoms with Crippen LogP contribution in [0.25, 0.3) is 0 Å². The minimum absolute atomic E-state index is 0.213. The summed E-state index contributed by atoms with van der Waals surface area (Å²) < 4.78 is 15.0. The first-order chi connectivity index (χ1) is 8.54. The van der Waals surface area contributed by atoms with E-state index in [4.69, 9.17) is 0 Å². The van der Waals surface area contributed by atoms with Gasteiger partial charge >= 0.3 is 0 Å². The highest BCUT2D eigenvalue weighted by atomic mass is 79.9. The van der Waals surface area contributed by atoms with Crippen LogP contribution in [0.1, 0.15) is 11.1 Å². The Balaban J connectivity index is 2.00. The highest BCUT2D eigenvalue weighted by Gasteiger charge is 2.07. The Morgan fingerprint density at radius 3 is 2.61 bits per heavy atom. The Bertz CT molecular complexity index is 542. The van der Waals surface area contributed by atoms with Crippen LogP contribution in [0.4, 0.5) is 4.39 Å². The van der Waals surface area contributed by atoms with Gasteiger partial charge in [0.25, 0.3) is 0 Å². The molecule has 1 nitrogen and oxygen atoms in total. The van der Waals surface area contributed by atoms with Crippen LogP contribution in [-0.2, 0) is 13.1 Å². The van der Waals surface area contributed by atoms with Crippen LogP contribution >= 0.6 is 43.2 Å². The Hall–Kier alpha value is -0.230. The molecule has 0 N–H and O–H groups in total. The van der Waals surface area contributed by atoms with Gasteiger partial charge in [0.1, 0.15) is 5.82 Å². The number of benzene rings is 1. The lowest BCUT2D eigenvalue weighted by atomic mass is 10.2. The van der Waals surface area contributed by atoms with E-state index >= 15 is 0 Å². The third kappa shape index (κ3) is 3.88. The predicted octanol–water partition coefficient (Wildman–Crippen LogP) is 5.04. The van der Waals surface area contributed by atoms with Gasteiger partial charge in [0.2, 0.25) is 0 Å². The number of nitrogens with zero attached hydrogens (tertiary/aromatic N) is 1. The molecule has 0 aliphatic rings. The van der Waals surface area contributed by atoms with Crippen molar-refractivity contribution >= 4 is 43.2 Å². The molecule has 18 heavy (non-hydrogen) atoms. The summed E-state index contributed by atoms with van der Waals surface area (Å²) in [6.45, 7) is 1.67. The monoisotopic (exact) mass is 391 g/mol. The second kappa shape index (κ2) is 6.28. The normalized spacial score (nSPS) is 11.2. The minimum atomic E-state index is -0.213. The van der Waals surface area contributed by atoms with E-state index in [0.717, 1.165) is 26.9 Å². The molecule has 0 radical (unpaired) electrons. The number of hydrogen-bond donors (Lipinski definition) is 0. The average Bonchev–Trinajstić information content (AvgIpc) is 2.68. The SMILES string of the molecule is CN(Cc1csc(Br)c1)Cc1ccc(F)cc1Br. The molecule has 0 aliphatic heterocycles. The zero-order valence-electron chi connectivity index (χ0n) is 9.79. The van der Waals surface area contributed by atoms with E-state index in [1.807, 2.05) is 6.07 Å².